The zero-order chi connectivity index (χ0) is 16.6. The molecular weight excluding hydrogens is 278 g/mol. The predicted octanol–water partition coefficient (Wildman–Crippen LogP) is 7.29. The van der Waals surface area contributed by atoms with Gasteiger partial charge in [0.2, 0.25) is 0 Å². The van der Waals surface area contributed by atoms with E-state index in [4.69, 9.17) is 5.73 Å². The van der Waals surface area contributed by atoms with E-state index in [1.54, 1.807) is 0 Å². The van der Waals surface area contributed by atoms with Crippen LogP contribution in [0, 0.1) is 0 Å². The molecule has 0 amide bonds. The summed E-state index contributed by atoms with van der Waals surface area (Å²) in [4.78, 5) is 0. The van der Waals surface area contributed by atoms with E-state index >= 15 is 0 Å². The summed E-state index contributed by atoms with van der Waals surface area (Å²) in [6.45, 7) is 2.29. The lowest BCUT2D eigenvalue weighted by molar-refractivity contribution is 0.535. The summed E-state index contributed by atoms with van der Waals surface area (Å²) >= 11 is 0. The molecule has 0 aromatic heterocycles. The summed E-state index contributed by atoms with van der Waals surface area (Å²) in [5.41, 5.74) is 8.01. The van der Waals surface area contributed by atoms with Crippen LogP contribution in [-0.4, -0.2) is 0 Å². The van der Waals surface area contributed by atoms with Crippen LogP contribution in [0.1, 0.15) is 102 Å². The third kappa shape index (κ3) is 12.1. The second-order valence-corrected chi connectivity index (χ2v) is 7.09. The van der Waals surface area contributed by atoms with Crippen LogP contribution in [0.15, 0.2) is 24.3 Å². The van der Waals surface area contributed by atoms with Crippen LogP contribution in [0.25, 0.3) is 0 Å². The average Bonchev–Trinajstić information content (AvgIpc) is 2.57. The molecule has 0 fully saturated rings. The fraction of sp³-hybridized carbons (Fsp3) is 0.727. The summed E-state index contributed by atoms with van der Waals surface area (Å²) in [5, 5.41) is 0. The van der Waals surface area contributed by atoms with Crippen molar-refractivity contribution in [3.63, 3.8) is 0 Å². The molecular formula is C22H39N. The Labute approximate surface area is 145 Å². The number of aryl methyl sites for hydroxylation is 1. The maximum atomic E-state index is 5.71. The van der Waals surface area contributed by atoms with Crippen LogP contribution in [0.4, 0.5) is 5.69 Å². The third-order valence-corrected chi connectivity index (χ3v) is 4.80. The summed E-state index contributed by atoms with van der Waals surface area (Å²) in [5.74, 6) is 0. The molecule has 1 aromatic carbocycles. The number of hydrogen-bond acceptors (Lipinski definition) is 1. The SMILES string of the molecule is CCCCCCCCCCCCCCCCc1ccc(N)cc1. The number of anilines is 1. The van der Waals surface area contributed by atoms with Crippen LogP contribution in [0.3, 0.4) is 0 Å². The smallest absolute Gasteiger partial charge is 0.0314 e. The summed E-state index contributed by atoms with van der Waals surface area (Å²) in [6.07, 6.45) is 21.2. The fourth-order valence-corrected chi connectivity index (χ4v) is 3.21. The van der Waals surface area contributed by atoms with Crippen molar-refractivity contribution < 1.29 is 0 Å². The van der Waals surface area contributed by atoms with E-state index in [9.17, 15) is 0 Å². The summed E-state index contributed by atoms with van der Waals surface area (Å²) in [7, 11) is 0. The molecule has 0 saturated carbocycles. The molecule has 0 heterocycles. The molecule has 132 valence electrons. The molecule has 0 saturated heterocycles. The van der Waals surface area contributed by atoms with Crippen LogP contribution < -0.4 is 5.73 Å². The second kappa shape index (κ2) is 14.6. The maximum Gasteiger partial charge on any atom is 0.0314 e. The topological polar surface area (TPSA) is 26.0 Å². The van der Waals surface area contributed by atoms with Gasteiger partial charge in [0.25, 0.3) is 0 Å². The van der Waals surface area contributed by atoms with Gasteiger partial charge in [-0.3, -0.25) is 0 Å². The van der Waals surface area contributed by atoms with Gasteiger partial charge in [-0.15, -0.1) is 0 Å². The molecule has 0 aliphatic rings. The molecule has 1 heteroatoms. The number of hydrogen-bond donors (Lipinski definition) is 1. The number of benzene rings is 1. The van der Waals surface area contributed by atoms with Gasteiger partial charge in [-0.05, 0) is 30.5 Å². The van der Waals surface area contributed by atoms with E-state index in [0.717, 1.165) is 5.69 Å². The van der Waals surface area contributed by atoms with Gasteiger partial charge in [0.1, 0.15) is 0 Å². The molecule has 0 spiro atoms. The molecule has 0 atom stereocenters. The Kier molecular flexibility index (Phi) is 12.7. The maximum absolute atomic E-state index is 5.71. The predicted molar refractivity (Wildman–Crippen MR) is 105 cm³/mol. The molecule has 23 heavy (non-hydrogen) atoms. The Morgan fingerprint density at radius 3 is 1.39 bits per heavy atom. The van der Waals surface area contributed by atoms with E-state index in [-0.39, 0.29) is 0 Å². The highest BCUT2D eigenvalue weighted by Crippen LogP contribution is 2.14. The first kappa shape index (κ1) is 20.1. The zero-order valence-corrected chi connectivity index (χ0v) is 15.5. The Bertz CT molecular complexity index is 355. The normalized spacial score (nSPS) is 11.0. The molecule has 1 rings (SSSR count). The van der Waals surface area contributed by atoms with Gasteiger partial charge >= 0.3 is 0 Å². The van der Waals surface area contributed by atoms with E-state index < -0.39 is 0 Å². The Morgan fingerprint density at radius 1 is 0.565 bits per heavy atom. The van der Waals surface area contributed by atoms with Gasteiger partial charge in [0, 0.05) is 5.69 Å². The third-order valence-electron chi connectivity index (χ3n) is 4.80. The Morgan fingerprint density at radius 2 is 0.957 bits per heavy atom. The lowest BCUT2D eigenvalue weighted by Gasteiger charge is -2.04. The number of nitrogens with two attached hydrogens (primary N) is 1. The quantitative estimate of drug-likeness (QED) is 0.267. The molecule has 1 aromatic rings. The lowest BCUT2D eigenvalue weighted by Crippen LogP contribution is -1.88. The summed E-state index contributed by atoms with van der Waals surface area (Å²) < 4.78 is 0. The van der Waals surface area contributed by atoms with Crippen molar-refractivity contribution in [1.82, 2.24) is 0 Å². The first-order valence-corrected chi connectivity index (χ1v) is 10.2. The average molecular weight is 318 g/mol. The highest BCUT2D eigenvalue weighted by atomic mass is 14.5. The van der Waals surface area contributed by atoms with Gasteiger partial charge in [0.15, 0.2) is 0 Å². The zero-order valence-electron chi connectivity index (χ0n) is 15.5. The summed E-state index contributed by atoms with van der Waals surface area (Å²) in [6, 6.07) is 8.35. The molecule has 0 aliphatic carbocycles. The van der Waals surface area contributed by atoms with E-state index in [1.165, 1.54) is 102 Å². The standard InChI is InChI=1S/C22H39N/c1-2-3-4-5-6-7-8-9-10-11-12-13-14-15-16-21-17-19-22(23)20-18-21/h17-20H,2-16,23H2,1H3. The van der Waals surface area contributed by atoms with Crippen LogP contribution in [0.2, 0.25) is 0 Å². The van der Waals surface area contributed by atoms with Crippen molar-refractivity contribution in [2.45, 2.75) is 103 Å². The second-order valence-electron chi connectivity index (χ2n) is 7.09. The van der Waals surface area contributed by atoms with Gasteiger partial charge in [-0.25, -0.2) is 0 Å². The minimum atomic E-state index is 0.870. The molecule has 0 radical (unpaired) electrons. The van der Waals surface area contributed by atoms with Gasteiger partial charge in [-0.1, -0.05) is 103 Å². The number of rotatable bonds is 15. The van der Waals surface area contributed by atoms with Crippen molar-refractivity contribution in [2.75, 3.05) is 5.73 Å². The Hall–Kier alpha value is -0.980. The fourth-order valence-electron chi connectivity index (χ4n) is 3.21. The van der Waals surface area contributed by atoms with Gasteiger partial charge < -0.3 is 5.73 Å². The van der Waals surface area contributed by atoms with Crippen molar-refractivity contribution in [1.29, 1.82) is 0 Å². The minimum absolute atomic E-state index is 0.870. The highest BCUT2D eigenvalue weighted by Gasteiger charge is 1.96. The first-order valence-electron chi connectivity index (χ1n) is 10.2. The van der Waals surface area contributed by atoms with E-state index in [1.807, 2.05) is 12.1 Å². The van der Waals surface area contributed by atoms with Gasteiger partial charge in [-0.2, -0.15) is 0 Å². The van der Waals surface area contributed by atoms with Crippen LogP contribution in [0.5, 0.6) is 0 Å². The molecule has 2 N–H and O–H groups in total. The molecule has 1 nitrogen and oxygen atoms in total. The van der Waals surface area contributed by atoms with Crippen molar-refractivity contribution in [3.05, 3.63) is 29.8 Å². The lowest BCUT2D eigenvalue weighted by atomic mass is 10.0. The van der Waals surface area contributed by atoms with Crippen LogP contribution >= 0.6 is 0 Å². The Balaban J connectivity index is 1.77. The highest BCUT2D eigenvalue weighted by molar-refractivity contribution is 5.39. The van der Waals surface area contributed by atoms with Crippen molar-refractivity contribution in [2.24, 2.45) is 0 Å². The first-order chi connectivity index (χ1) is 11.3. The van der Waals surface area contributed by atoms with Crippen molar-refractivity contribution in [3.8, 4) is 0 Å². The minimum Gasteiger partial charge on any atom is -0.399 e. The number of nitrogen functional groups attached to an aromatic ring is 1. The van der Waals surface area contributed by atoms with E-state index in [0.29, 0.717) is 0 Å². The largest absolute Gasteiger partial charge is 0.399 e. The molecule has 0 aliphatic heterocycles. The monoisotopic (exact) mass is 317 g/mol. The van der Waals surface area contributed by atoms with Crippen LogP contribution in [-0.2, 0) is 6.42 Å². The van der Waals surface area contributed by atoms with Gasteiger partial charge in [0.05, 0.1) is 0 Å². The number of unbranched alkanes of at least 4 members (excludes halogenated alkanes) is 13. The molecule has 0 bridgehead atoms. The van der Waals surface area contributed by atoms with Crippen molar-refractivity contribution >= 4 is 5.69 Å². The van der Waals surface area contributed by atoms with E-state index in [2.05, 4.69) is 19.1 Å². The molecule has 0 unspecified atom stereocenters.